The van der Waals surface area contributed by atoms with Crippen LogP contribution < -0.4 is 0 Å². The van der Waals surface area contributed by atoms with Gasteiger partial charge in [0.1, 0.15) is 5.41 Å². The second kappa shape index (κ2) is 4.70. The van der Waals surface area contributed by atoms with E-state index in [0.29, 0.717) is 11.5 Å². The molecule has 0 unspecified atom stereocenters. The first kappa shape index (κ1) is 13.4. The van der Waals surface area contributed by atoms with Crippen LogP contribution in [0.3, 0.4) is 0 Å². The molecule has 0 aromatic heterocycles. The van der Waals surface area contributed by atoms with Gasteiger partial charge >= 0.3 is 5.97 Å². The first-order valence-electron chi connectivity index (χ1n) is 5.65. The highest BCUT2D eigenvalue weighted by Crippen LogP contribution is 2.23. The quantitative estimate of drug-likeness (QED) is 0.643. The van der Waals surface area contributed by atoms with Crippen LogP contribution in [0, 0.1) is 5.41 Å². The van der Waals surface area contributed by atoms with Crippen molar-refractivity contribution in [2.45, 2.75) is 33.6 Å². The number of Topliss-reactive ketones (excluding diaryl/α,β-unsaturated/α-hetero) is 1. The maximum Gasteiger partial charge on any atom is 0.316 e. The van der Waals surface area contributed by atoms with Gasteiger partial charge in [-0.2, -0.15) is 0 Å². The summed E-state index contributed by atoms with van der Waals surface area (Å²) in [5, 5.41) is 8.99. The number of carboxylic acid groups (broad SMARTS) is 1. The molecule has 1 rings (SSSR count). The third kappa shape index (κ3) is 2.73. The van der Waals surface area contributed by atoms with E-state index in [9.17, 15) is 9.59 Å². The van der Waals surface area contributed by atoms with E-state index in [1.807, 2.05) is 12.1 Å². The third-order valence-electron chi connectivity index (χ3n) is 2.94. The number of carboxylic acids is 1. The van der Waals surface area contributed by atoms with E-state index in [0.717, 1.165) is 5.56 Å². The lowest BCUT2D eigenvalue weighted by atomic mass is 9.84. The molecule has 0 saturated heterocycles. The number of hydrogen-bond donors (Lipinski definition) is 1. The predicted octanol–water partition coefficient (Wildman–Crippen LogP) is 3.10. The zero-order chi connectivity index (χ0) is 13.2. The molecule has 0 bridgehead atoms. The van der Waals surface area contributed by atoms with Crippen molar-refractivity contribution in [2.24, 2.45) is 5.41 Å². The molecule has 0 radical (unpaired) electrons. The number of carbonyl (C=O) groups is 2. The van der Waals surface area contributed by atoms with Gasteiger partial charge in [0.2, 0.25) is 0 Å². The van der Waals surface area contributed by atoms with Gasteiger partial charge in [0, 0.05) is 5.56 Å². The zero-order valence-corrected chi connectivity index (χ0v) is 10.7. The fourth-order valence-electron chi connectivity index (χ4n) is 1.48. The van der Waals surface area contributed by atoms with E-state index in [4.69, 9.17) is 5.11 Å². The first-order chi connectivity index (χ1) is 7.76. The molecule has 0 atom stereocenters. The van der Waals surface area contributed by atoms with Gasteiger partial charge in [-0.3, -0.25) is 9.59 Å². The van der Waals surface area contributed by atoms with Crippen molar-refractivity contribution in [1.82, 2.24) is 0 Å². The summed E-state index contributed by atoms with van der Waals surface area (Å²) in [6.07, 6.45) is 0. The average molecular weight is 234 g/mol. The lowest BCUT2D eigenvalue weighted by Gasteiger charge is -2.17. The minimum atomic E-state index is -1.38. The van der Waals surface area contributed by atoms with E-state index in [-0.39, 0.29) is 5.78 Å². The lowest BCUT2D eigenvalue weighted by Crippen LogP contribution is -2.33. The molecule has 0 aliphatic carbocycles. The van der Waals surface area contributed by atoms with Gasteiger partial charge in [-0.1, -0.05) is 38.1 Å². The number of ketones is 1. The van der Waals surface area contributed by atoms with Crippen LogP contribution in [-0.4, -0.2) is 16.9 Å². The summed E-state index contributed by atoms with van der Waals surface area (Å²) in [5.41, 5.74) is 0.204. The maximum atomic E-state index is 12.0. The summed E-state index contributed by atoms with van der Waals surface area (Å²) in [6, 6.07) is 7.14. The highest BCUT2D eigenvalue weighted by molar-refractivity contribution is 6.11. The molecule has 0 saturated carbocycles. The Kier molecular flexibility index (Phi) is 3.71. The molecule has 0 heterocycles. The first-order valence-corrected chi connectivity index (χ1v) is 5.65. The van der Waals surface area contributed by atoms with Gasteiger partial charge in [-0.15, -0.1) is 0 Å². The summed E-state index contributed by atoms with van der Waals surface area (Å²) >= 11 is 0. The molecule has 0 amide bonds. The van der Waals surface area contributed by atoms with Crippen LogP contribution in [-0.2, 0) is 4.79 Å². The minimum Gasteiger partial charge on any atom is -0.481 e. The molecule has 1 aromatic rings. The van der Waals surface area contributed by atoms with Crippen LogP contribution >= 0.6 is 0 Å². The topological polar surface area (TPSA) is 54.4 Å². The van der Waals surface area contributed by atoms with E-state index >= 15 is 0 Å². The Morgan fingerprint density at radius 3 is 1.94 bits per heavy atom. The molecule has 0 spiro atoms. The Balaban J connectivity index is 3.02. The third-order valence-corrected chi connectivity index (χ3v) is 2.94. The lowest BCUT2D eigenvalue weighted by molar-refractivity contribution is -0.144. The summed E-state index contributed by atoms with van der Waals surface area (Å²) in [4.78, 5) is 23.0. The van der Waals surface area contributed by atoms with Gasteiger partial charge < -0.3 is 5.11 Å². The van der Waals surface area contributed by atoms with E-state index in [1.165, 1.54) is 13.8 Å². The highest BCUT2D eigenvalue weighted by atomic mass is 16.4. The predicted molar refractivity (Wildman–Crippen MR) is 66.3 cm³/mol. The van der Waals surface area contributed by atoms with Crippen LogP contribution in [0.1, 0.15) is 49.5 Å². The molecule has 0 fully saturated rings. The highest BCUT2D eigenvalue weighted by Gasteiger charge is 2.36. The Morgan fingerprint density at radius 1 is 1.12 bits per heavy atom. The van der Waals surface area contributed by atoms with Crippen LogP contribution in [0.5, 0.6) is 0 Å². The SMILES string of the molecule is CC(C)c1ccc(C(=O)C(C)(C)C(=O)O)cc1. The monoisotopic (exact) mass is 234 g/mol. The van der Waals surface area contributed by atoms with Crippen molar-refractivity contribution in [3.8, 4) is 0 Å². The van der Waals surface area contributed by atoms with E-state index in [1.54, 1.807) is 12.1 Å². The normalized spacial score (nSPS) is 11.6. The van der Waals surface area contributed by atoms with Crippen molar-refractivity contribution in [2.75, 3.05) is 0 Å². The second-order valence-corrected chi connectivity index (χ2v) is 5.04. The maximum absolute atomic E-state index is 12.0. The molecule has 0 aliphatic rings. The summed E-state index contributed by atoms with van der Waals surface area (Å²) < 4.78 is 0. The van der Waals surface area contributed by atoms with Crippen molar-refractivity contribution in [3.05, 3.63) is 35.4 Å². The summed E-state index contributed by atoms with van der Waals surface area (Å²) in [5.74, 6) is -1.07. The van der Waals surface area contributed by atoms with Crippen molar-refractivity contribution >= 4 is 11.8 Å². The largest absolute Gasteiger partial charge is 0.481 e. The van der Waals surface area contributed by atoms with Gasteiger partial charge in [0.15, 0.2) is 5.78 Å². The van der Waals surface area contributed by atoms with Gasteiger partial charge in [-0.05, 0) is 25.3 Å². The number of benzene rings is 1. The molecular formula is C14H18O3. The van der Waals surface area contributed by atoms with Crippen LogP contribution in [0.15, 0.2) is 24.3 Å². The molecule has 0 aliphatic heterocycles. The number of aliphatic carboxylic acids is 1. The Hall–Kier alpha value is -1.64. The molecule has 92 valence electrons. The molecule has 3 nitrogen and oxygen atoms in total. The van der Waals surface area contributed by atoms with Crippen LogP contribution in [0.2, 0.25) is 0 Å². The summed E-state index contributed by atoms with van der Waals surface area (Å²) in [7, 11) is 0. The van der Waals surface area contributed by atoms with Crippen LogP contribution in [0.25, 0.3) is 0 Å². The fourth-order valence-corrected chi connectivity index (χ4v) is 1.48. The second-order valence-electron chi connectivity index (χ2n) is 5.04. The van der Waals surface area contributed by atoms with Crippen molar-refractivity contribution in [1.29, 1.82) is 0 Å². The van der Waals surface area contributed by atoms with Crippen molar-refractivity contribution in [3.63, 3.8) is 0 Å². The van der Waals surface area contributed by atoms with E-state index < -0.39 is 11.4 Å². The molecule has 3 heteroatoms. The Labute approximate surface area is 101 Å². The number of carbonyl (C=O) groups excluding carboxylic acids is 1. The molecule has 17 heavy (non-hydrogen) atoms. The number of rotatable bonds is 4. The smallest absolute Gasteiger partial charge is 0.316 e. The van der Waals surface area contributed by atoms with Gasteiger partial charge in [0.05, 0.1) is 0 Å². The average Bonchev–Trinajstić information content (AvgIpc) is 2.27. The molecular weight excluding hydrogens is 216 g/mol. The number of hydrogen-bond acceptors (Lipinski definition) is 2. The minimum absolute atomic E-state index is 0.361. The fraction of sp³-hybridized carbons (Fsp3) is 0.429. The standard InChI is InChI=1S/C14H18O3/c1-9(2)10-5-7-11(8-6-10)12(15)14(3,4)13(16)17/h5-9H,1-4H3,(H,16,17). The Bertz CT molecular complexity index is 427. The van der Waals surface area contributed by atoms with Crippen LogP contribution in [0.4, 0.5) is 0 Å². The Morgan fingerprint density at radius 2 is 1.59 bits per heavy atom. The van der Waals surface area contributed by atoms with Gasteiger partial charge in [0.25, 0.3) is 0 Å². The van der Waals surface area contributed by atoms with Crippen molar-refractivity contribution < 1.29 is 14.7 Å². The van der Waals surface area contributed by atoms with E-state index in [2.05, 4.69) is 13.8 Å². The van der Waals surface area contributed by atoms with Gasteiger partial charge in [-0.25, -0.2) is 0 Å². The zero-order valence-electron chi connectivity index (χ0n) is 10.7. The summed E-state index contributed by atoms with van der Waals surface area (Å²) in [6.45, 7) is 6.98. The molecule has 1 aromatic carbocycles. The molecule has 1 N–H and O–H groups in total.